The minimum atomic E-state index is -0.688. The summed E-state index contributed by atoms with van der Waals surface area (Å²) in [5.41, 5.74) is 2.17. The van der Waals surface area contributed by atoms with Crippen molar-refractivity contribution < 1.29 is 19.1 Å². The molecule has 1 fully saturated rings. The number of nitrogens with one attached hydrogen (secondary N) is 2. The van der Waals surface area contributed by atoms with E-state index < -0.39 is 5.97 Å². The Bertz CT molecular complexity index is 782. The summed E-state index contributed by atoms with van der Waals surface area (Å²) in [5, 5.41) is 15.3. The van der Waals surface area contributed by atoms with Gasteiger partial charge in [0.15, 0.2) is 0 Å². The molecule has 1 aliphatic rings. The number of rotatable bonds is 6. The molecular weight excluding hydrogens is 347 g/mol. The Morgan fingerprint density at radius 1 is 0.963 bits per heavy atom. The number of hydrogen-bond donors (Lipinski definition) is 3. The summed E-state index contributed by atoms with van der Waals surface area (Å²) in [4.78, 5) is 23.1. The van der Waals surface area contributed by atoms with Crippen LogP contribution < -0.4 is 10.6 Å². The molecular formula is C21H23FN2O3. The summed E-state index contributed by atoms with van der Waals surface area (Å²) in [7, 11) is 0. The molecule has 6 heteroatoms. The molecule has 142 valence electrons. The summed E-state index contributed by atoms with van der Waals surface area (Å²) in [6, 6.07) is 13.3. The third-order valence-electron chi connectivity index (χ3n) is 4.99. The molecule has 0 aromatic heterocycles. The van der Waals surface area contributed by atoms with Gasteiger partial charge in [-0.2, -0.15) is 0 Å². The van der Waals surface area contributed by atoms with Crippen LogP contribution >= 0.6 is 0 Å². The lowest BCUT2D eigenvalue weighted by molar-refractivity contribution is -0.142. The first kappa shape index (κ1) is 19.0. The summed E-state index contributed by atoms with van der Waals surface area (Å²) >= 11 is 0. The molecule has 0 radical (unpaired) electrons. The van der Waals surface area contributed by atoms with Crippen molar-refractivity contribution >= 4 is 17.6 Å². The first-order chi connectivity index (χ1) is 13.0. The van der Waals surface area contributed by atoms with Crippen LogP contribution in [0.5, 0.6) is 0 Å². The normalized spacial score (nSPS) is 19.4. The van der Waals surface area contributed by atoms with E-state index in [-0.39, 0.29) is 17.6 Å². The predicted molar refractivity (Wildman–Crippen MR) is 101 cm³/mol. The van der Waals surface area contributed by atoms with E-state index in [9.17, 15) is 14.0 Å². The number of hydrogen-bond acceptors (Lipinski definition) is 3. The maximum absolute atomic E-state index is 12.9. The Labute approximate surface area is 157 Å². The molecule has 1 saturated carbocycles. The minimum Gasteiger partial charge on any atom is -0.481 e. The molecule has 0 spiro atoms. The van der Waals surface area contributed by atoms with Crippen LogP contribution in [-0.2, 0) is 11.3 Å². The number of aliphatic carboxylic acids is 1. The zero-order chi connectivity index (χ0) is 19.2. The van der Waals surface area contributed by atoms with Crippen molar-refractivity contribution in [3.8, 4) is 0 Å². The lowest BCUT2D eigenvalue weighted by Gasteiger charge is -2.27. The Hall–Kier alpha value is -2.73. The highest BCUT2D eigenvalue weighted by Crippen LogP contribution is 2.24. The largest absolute Gasteiger partial charge is 0.481 e. The van der Waals surface area contributed by atoms with E-state index in [0.29, 0.717) is 23.8 Å². The first-order valence-electron chi connectivity index (χ1n) is 9.13. The lowest BCUT2D eigenvalue weighted by Crippen LogP contribution is -2.34. The Balaban J connectivity index is 1.47. The van der Waals surface area contributed by atoms with Crippen LogP contribution in [0.1, 0.15) is 41.6 Å². The number of carboxylic acid groups (broad SMARTS) is 1. The van der Waals surface area contributed by atoms with Crippen LogP contribution in [0.25, 0.3) is 0 Å². The molecule has 0 unspecified atom stereocenters. The Kier molecular flexibility index (Phi) is 6.19. The van der Waals surface area contributed by atoms with Gasteiger partial charge in [0.25, 0.3) is 5.91 Å². The van der Waals surface area contributed by atoms with Gasteiger partial charge >= 0.3 is 5.97 Å². The van der Waals surface area contributed by atoms with Crippen LogP contribution in [0, 0.1) is 11.7 Å². The highest BCUT2D eigenvalue weighted by molar-refractivity contribution is 6.04. The van der Waals surface area contributed by atoms with Crippen molar-refractivity contribution in [3.63, 3.8) is 0 Å². The van der Waals surface area contributed by atoms with Gasteiger partial charge in [0, 0.05) is 23.8 Å². The average Bonchev–Trinajstić information content (AvgIpc) is 2.68. The molecule has 0 atom stereocenters. The van der Waals surface area contributed by atoms with E-state index in [0.717, 1.165) is 31.2 Å². The van der Waals surface area contributed by atoms with Gasteiger partial charge in [-0.25, -0.2) is 4.39 Å². The first-order valence-corrected chi connectivity index (χ1v) is 9.13. The van der Waals surface area contributed by atoms with E-state index in [2.05, 4.69) is 10.6 Å². The predicted octanol–water partition coefficient (Wildman–Crippen LogP) is 3.81. The molecule has 0 heterocycles. The van der Waals surface area contributed by atoms with E-state index in [4.69, 9.17) is 5.11 Å². The molecule has 5 nitrogen and oxygen atoms in total. The van der Waals surface area contributed by atoms with E-state index >= 15 is 0 Å². The average molecular weight is 370 g/mol. The van der Waals surface area contributed by atoms with Crippen LogP contribution in [0.2, 0.25) is 0 Å². The molecule has 1 amide bonds. The molecule has 2 aromatic rings. The maximum Gasteiger partial charge on any atom is 0.306 e. The fourth-order valence-electron chi connectivity index (χ4n) is 3.32. The number of carboxylic acids is 1. The molecule has 3 rings (SSSR count). The zero-order valence-electron chi connectivity index (χ0n) is 15.0. The summed E-state index contributed by atoms with van der Waals surface area (Å²) in [6.07, 6.45) is 3.20. The van der Waals surface area contributed by atoms with Crippen LogP contribution in [0.4, 0.5) is 10.1 Å². The highest BCUT2D eigenvalue weighted by Gasteiger charge is 2.25. The van der Waals surface area contributed by atoms with Crippen LogP contribution in [0.3, 0.4) is 0 Å². The van der Waals surface area contributed by atoms with Gasteiger partial charge in [0.05, 0.1) is 5.92 Å². The minimum absolute atomic E-state index is 0.202. The smallest absolute Gasteiger partial charge is 0.306 e. The lowest BCUT2D eigenvalue weighted by atomic mass is 9.86. The van der Waals surface area contributed by atoms with Crippen molar-refractivity contribution in [3.05, 3.63) is 65.5 Å². The van der Waals surface area contributed by atoms with Gasteiger partial charge in [-0.3, -0.25) is 9.59 Å². The van der Waals surface area contributed by atoms with Gasteiger partial charge in [-0.15, -0.1) is 0 Å². The fraction of sp³-hybridized carbons (Fsp3) is 0.333. The Morgan fingerprint density at radius 2 is 1.59 bits per heavy atom. The second kappa shape index (κ2) is 8.77. The zero-order valence-corrected chi connectivity index (χ0v) is 15.0. The summed E-state index contributed by atoms with van der Waals surface area (Å²) < 4.78 is 12.9. The SMILES string of the molecule is O=C(Nc1ccc(CNC2CCC(C(=O)O)CC2)cc1)c1ccc(F)cc1. The van der Waals surface area contributed by atoms with Gasteiger partial charge in [-0.05, 0) is 67.6 Å². The van der Waals surface area contributed by atoms with Crippen LogP contribution in [-0.4, -0.2) is 23.0 Å². The second-order valence-electron chi connectivity index (χ2n) is 6.93. The third kappa shape index (κ3) is 5.37. The summed E-state index contributed by atoms with van der Waals surface area (Å²) in [5.74, 6) is -1.55. The van der Waals surface area contributed by atoms with Gasteiger partial charge in [0.2, 0.25) is 0 Å². The Morgan fingerprint density at radius 3 is 2.19 bits per heavy atom. The van der Waals surface area contributed by atoms with Crippen LogP contribution in [0.15, 0.2) is 48.5 Å². The van der Waals surface area contributed by atoms with E-state index in [1.54, 1.807) is 0 Å². The molecule has 0 saturated heterocycles. The number of anilines is 1. The number of carbonyl (C=O) groups excluding carboxylic acids is 1. The van der Waals surface area contributed by atoms with Gasteiger partial charge < -0.3 is 15.7 Å². The van der Waals surface area contributed by atoms with Crippen molar-refractivity contribution in [2.45, 2.75) is 38.3 Å². The van der Waals surface area contributed by atoms with Gasteiger partial charge in [-0.1, -0.05) is 12.1 Å². The molecule has 1 aliphatic carbocycles. The molecule has 3 N–H and O–H groups in total. The fourth-order valence-corrected chi connectivity index (χ4v) is 3.32. The highest BCUT2D eigenvalue weighted by atomic mass is 19.1. The van der Waals surface area contributed by atoms with Gasteiger partial charge in [0.1, 0.15) is 5.82 Å². The number of carbonyl (C=O) groups is 2. The summed E-state index contributed by atoms with van der Waals surface area (Å²) in [6.45, 7) is 0.703. The topological polar surface area (TPSA) is 78.4 Å². The molecule has 2 aromatic carbocycles. The van der Waals surface area contributed by atoms with Crippen molar-refractivity contribution in [2.24, 2.45) is 5.92 Å². The molecule has 0 bridgehead atoms. The molecule has 0 aliphatic heterocycles. The number of benzene rings is 2. The standard InChI is InChI=1S/C21H23FN2O3/c22-17-7-3-15(4-8-17)20(25)24-19-9-1-14(2-10-19)13-23-18-11-5-16(6-12-18)21(26)27/h1-4,7-10,16,18,23H,5-6,11-13H2,(H,24,25)(H,26,27). The van der Waals surface area contributed by atoms with Crippen molar-refractivity contribution in [1.29, 1.82) is 0 Å². The monoisotopic (exact) mass is 370 g/mol. The second-order valence-corrected chi connectivity index (χ2v) is 6.93. The number of amides is 1. The maximum atomic E-state index is 12.9. The van der Waals surface area contributed by atoms with Crippen molar-refractivity contribution in [2.75, 3.05) is 5.32 Å². The third-order valence-corrected chi connectivity index (χ3v) is 4.99. The quantitative estimate of drug-likeness (QED) is 0.722. The van der Waals surface area contributed by atoms with E-state index in [1.165, 1.54) is 24.3 Å². The van der Waals surface area contributed by atoms with E-state index in [1.807, 2.05) is 24.3 Å². The molecule has 27 heavy (non-hydrogen) atoms. The van der Waals surface area contributed by atoms with Crippen molar-refractivity contribution in [1.82, 2.24) is 5.32 Å². The number of halogens is 1.